The lowest BCUT2D eigenvalue weighted by Gasteiger charge is -2.36. The number of benzene rings is 1. The molecule has 8 heteroatoms. The molecule has 1 heterocycles. The third-order valence-electron chi connectivity index (χ3n) is 4.29. The van der Waals surface area contributed by atoms with E-state index in [1.165, 1.54) is 0 Å². The van der Waals surface area contributed by atoms with Crippen LogP contribution in [0.15, 0.2) is 30.3 Å². The minimum Gasteiger partial charge on any atom is -0.491 e. The number of carbonyl (C=O) groups is 1. The van der Waals surface area contributed by atoms with E-state index in [2.05, 4.69) is 4.90 Å². The van der Waals surface area contributed by atoms with Crippen molar-refractivity contribution < 1.29 is 14.6 Å². The predicted octanol–water partition coefficient (Wildman–Crippen LogP) is 1.07. The molecule has 0 aromatic heterocycles. The largest absolute Gasteiger partial charge is 0.491 e. The number of hydrogen-bond acceptors (Lipinski definition) is 6. The van der Waals surface area contributed by atoms with Gasteiger partial charge in [0.25, 0.3) is 0 Å². The standard InChI is InChI=1S/C18H29N3O3S.ClH/c1-25-12-7-17(19)18(23)21-10-8-20(9-11-21)13-15(22)14-24-16-5-3-2-4-6-16;/h2-6,15,17,22H,7-14,19H2,1H3;1H/t15?,17-;/m0./s1. The van der Waals surface area contributed by atoms with Gasteiger partial charge >= 0.3 is 0 Å². The predicted molar refractivity (Wildman–Crippen MR) is 109 cm³/mol. The lowest BCUT2D eigenvalue weighted by Crippen LogP contribution is -2.54. The summed E-state index contributed by atoms with van der Waals surface area (Å²) >= 11 is 1.71. The molecule has 2 atom stereocenters. The smallest absolute Gasteiger partial charge is 0.239 e. The molecule has 0 aliphatic carbocycles. The van der Waals surface area contributed by atoms with E-state index in [0.717, 1.165) is 31.0 Å². The molecule has 0 bridgehead atoms. The van der Waals surface area contributed by atoms with Crippen molar-refractivity contribution in [2.75, 3.05) is 51.3 Å². The van der Waals surface area contributed by atoms with Crippen LogP contribution in [-0.4, -0.2) is 84.3 Å². The van der Waals surface area contributed by atoms with Crippen molar-refractivity contribution in [3.63, 3.8) is 0 Å². The van der Waals surface area contributed by atoms with Crippen molar-refractivity contribution in [1.29, 1.82) is 0 Å². The SMILES string of the molecule is CSCC[C@H](N)C(=O)N1CCN(CC(O)COc2ccccc2)CC1.Cl. The number of aliphatic hydroxyl groups is 1. The van der Waals surface area contributed by atoms with Crippen LogP contribution in [0.3, 0.4) is 0 Å². The van der Waals surface area contributed by atoms with Gasteiger partial charge in [-0.1, -0.05) is 18.2 Å². The zero-order valence-corrected chi connectivity index (χ0v) is 16.9. The highest BCUT2D eigenvalue weighted by molar-refractivity contribution is 7.98. The van der Waals surface area contributed by atoms with Crippen LogP contribution < -0.4 is 10.5 Å². The van der Waals surface area contributed by atoms with Crippen LogP contribution in [0.4, 0.5) is 0 Å². The maximum Gasteiger partial charge on any atom is 0.239 e. The van der Waals surface area contributed by atoms with Crippen molar-refractivity contribution in [2.45, 2.75) is 18.6 Å². The number of amides is 1. The summed E-state index contributed by atoms with van der Waals surface area (Å²) in [5, 5.41) is 10.2. The Balaban J connectivity index is 0.00000338. The van der Waals surface area contributed by atoms with Gasteiger partial charge in [-0.3, -0.25) is 9.69 Å². The van der Waals surface area contributed by atoms with E-state index in [-0.39, 0.29) is 24.9 Å². The normalized spacial score (nSPS) is 17.3. The number of hydrogen-bond donors (Lipinski definition) is 2. The van der Waals surface area contributed by atoms with Crippen LogP contribution in [0.5, 0.6) is 5.75 Å². The Kier molecular flexibility index (Phi) is 11.0. The topological polar surface area (TPSA) is 79.0 Å². The summed E-state index contributed by atoms with van der Waals surface area (Å²) in [5.74, 6) is 1.71. The van der Waals surface area contributed by atoms with E-state index in [1.807, 2.05) is 41.5 Å². The molecule has 1 unspecified atom stereocenters. The number of β-amino-alcohol motifs (C(OH)–C–C–N with tert-alkyl or cyclic N) is 1. The molecule has 1 aromatic carbocycles. The van der Waals surface area contributed by atoms with Crippen LogP contribution in [0, 0.1) is 0 Å². The fourth-order valence-corrected chi connectivity index (χ4v) is 3.30. The fraction of sp³-hybridized carbons (Fsp3) is 0.611. The van der Waals surface area contributed by atoms with Crippen LogP contribution in [-0.2, 0) is 4.79 Å². The Morgan fingerprint density at radius 1 is 1.27 bits per heavy atom. The first-order valence-electron chi connectivity index (χ1n) is 8.71. The molecule has 1 saturated heterocycles. The Morgan fingerprint density at radius 3 is 2.54 bits per heavy atom. The van der Waals surface area contributed by atoms with E-state index < -0.39 is 12.1 Å². The number of nitrogens with two attached hydrogens (primary N) is 1. The molecular weight excluding hydrogens is 374 g/mol. The number of piperazine rings is 1. The highest BCUT2D eigenvalue weighted by Gasteiger charge is 2.25. The molecule has 1 aliphatic heterocycles. The third kappa shape index (κ3) is 7.72. The van der Waals surface area contributed by atoms with Gasteiger partial charge in [0.05, 0.1) is 6.04 Å². The van der Waals surface area contributed by atoms with Crippen molar-refractivity contribution in [3.05, 3.63) is 30.3 Å². The Bertz CT molecular complexity index is 516. The first kappa shape index (κ1) is 23.0. The summed E-state index contributed by atoms with van der Waals surface area (Å²) in [6, 6.07) is 9.08. The number of aliphatic hydroxyl groups excluding tert-OH is 1. The molecule has 1 aliphatic rings. The summed E-state index contributed by atoms with van der Waals surface area (Å²) in [6.07, 6.45) is 2.18. The zero-order valence-electron chi connectivity index (χ0n) is 15.3. The van der Waals surface area contributed by atoms with Crippen molar-refractivity contribution in [2.24, 2.45) is 5.73 Å². The number of nitrogens with zero attached hydrogens (tertiary/aromatic N) is 2. The van der Waals surface area contributed by atoms with Crippen LogP contribution in [0.2, 0.25) is 0 Å². The zero-order chi connectivity index (χ0) is 18.1. The third-order valence-corrected chi connectivity index (χ3v) is 4.93. The van der Waals surface area contributed by atoms with Gasteiger partial charge in [-0.2, -0.15) is 11.8 Å². The molecule has 26 heavy (non-hydrogen) atoms. The van der Waals surface area contributed by atoms with Crippen molar-refractivity contribution in [1.82, 2.24) is 9.80 Å². The molecule has 1 fully saturated rings. The van der Waals surface area contributed by atoms with E-state index in [1.54, 1.807) is 11.8 Å². The Hall–Kier alpha value is -0.990. The van der Waals surface area contributed by atoms with E-state index >= 15 is 0 Å². The van der Waals surface area contributed by atoms with Gasteiger partial charge in [-0.25, -0.2) is 0 Å². The molecule has 2 rings (SSSR count). The van der Waals surface area contributed by atoms with Gasteiger partial charge in [0.15, 0.2) is 0 Å². The van der Waals surface area contributed by atoms with Gasteiger partial charge < -0.3 is 20.5 Å². The summed E-state index contributed by atoms with van der Waals surface area (Å²) in [5.41, 5.74) is 5.97. The van der Waals surface area contributed by atoms with Gasteiger partial charge in [0.1, 0.15) is 18.5 Å². The van der Waals surface area contributed by atoms with Crippen LogP contribution in [0.1, 0.15) is 6.42 Å². The number of rotatable bonds is 9. The van der Waals surface area contributed by atoms with E-state index in [9.17, 15) is 9.90 Å². The second-order valence-corrected chi connectivity index (χ2v) is 7.28. The molecule has 1 amide bonds. The molecule has 0 saturated carbocycles. The van der Waals surface area contributed by atoms with Gasteiger partial charge in [-0.15, -0.1) is 12.4 Å². The highest BCUT2D eigenvalue weighted by atomic mass is 35.5. The maximum absolute atomic E-state index is 12.3. The van der Waals surface area contributed by atoms with Crippen LogP contribution >= 0.6 is 24.2 Å². The minimum atomic E-state index is -0.550. The monoisotopic (exact) mass is 403 g/mol. The fourth-order valence-electron chi connectivity index (χ4n) is 2.81. The Labute approximate surface area is 166 Å². The molecule has 0 spiro atoms. The second kappa shape index (κ2) is 12.4. The number of carbonyl (C=O) groups excluding carboxylic acids is 1. The number of halogens is 1. The Morgan fingerprint density at radius 2 is 1.92 bits per heavy atom. The molecule has 0 radical (unpaired) electrons. The lowest BCUT2D eigenvalue weighted by molar-refractivity contribution is -0.134. The summed E-state index contributed by atoms with van der Waals surface area (Å²) < 4.78 is 5.58. The highest BCUT2D eigenvalue weighted by Crippen LogP contribution is 2.10. The average molecular weight is 404 g/mol. The van der Waals surface area contributed by atoms with Gasteiger partial charge in [-0.05, 0) is 30.6 Å². The lowest BCUT2D eigenvalue weighted by atomic mass is 10.2. The number of ether oxygens (including phenoxy) is 1. The summed E-state index contributed by atoms with van der Waals surface area (Å²) in [6.45, 7) is 3.65. The first-order valence-corrected chi connectivity index (χ1v) is 10.1. The van der Waals surface area contributed by atoms with Crippen molar-refractivity contribution in [3.8, 4) is 5.75 Å². The summed E-state index contributed by atoms with van der Waals surface area (Å²) in [7, 11) is 0. The number of thioether (sulfide) groups is 1. The summed E-state index contributed by atoms with van der Waals surface area (Å²) in [4.78, 5) is 16.3. The van der Waals surface area contributed by atoms with E-state index in [0.29, 0.717) is 19.6 Å². The maximum atomic E-state index is 12.3. The average Bonchev–Trinajstić information content (AvgIpc) is 2.65. The van der Waals surface area contributed by atoms with Gasteiger partial charge in [0.2, 0.25) is 5.91 Å². The van der Waals surface area contributed by atoms with Crippen molar-refractivity contribution >= 4 is 30.1 Å². The molecule has 3 N–H and O–H groups in total. The minimum absolute atomic E-state index is 0. The molecular formula is C18H30ClN3O3S. The molecule has 148 valence electrons. The van der Waals surface area contributed by atoms with Gasteiger partial charge in [0, 0.05) is 32.7 Å². The van der Waals surface area contributed by atoms with Crippen LogP contribution in [0.25, 0.3) is 0 Å². The number of para-hydroxylation sites is 1. The molecule has 6 nitrogen and oxygen atoms in total. The second-order valence-electron chi connectivity index (χ2n) is 6.29. The van der Waals surface area contributed by atoms with E-state index in [4.69, 9.17) is 10.5 Å². The first-order chi connectivity index (χ1) is 12.1. The molecule has 1 aromatic rings. The quantitative estimate of drug-likeness (QED) is 0.642.